The number of hydrogen-bond acceptors (Lipinski definition) is 3. The van der Waals surface area contributed by atoms with Gasteiger partial charge in [0.1, 0.15) is 0 Å². The van der Waals surface area contributed by atoms with Crippen molar-refractivity contribution < 1.29 is 13.2 Å². The molecule has 1 amide bonds. The molecule has 0 saturated heterocycles. The first kappa shape index (κ1) is 15.6. The fraction of sp³-hybridized carbons (Fsp3) is 0.235. The molecule has 0 aromatic heterocycles. The normalized spacial score (nSPS) is 14.3. The number of sulfonamides is 1. The van der Waals surface area contributed by atoms with Crippen LogP contribution in [-0.4, -0.2) is 20.4 Å². The van der Waals surface area contributed by atoms with Gasteiger partial charge in [0.15, 0.2) is 0 Å². The first-order valence-corrected chi connectivity index (χ1v) is 8.93. The molecule has 6 heteroatoms. The number of hydrogen-bond donors (Lipinski definition) is 2. The van der Waals surface area contributed by atoms with Crippen molar-refractivity contribution in [3.05, 3.63) is 59.7 Å². The van der Waals surface area contributed by atoms with Crippen molar-refractivity contribution >= 4 is 21.6 Å². The topological polar surface area (TPSA) is 75.3 Å². The fourth-order valence-corrected chi connectivity index (χ4v) is 3.26. The Hall–Kier alpha value is -2.34. The van der Waals surface area contributed by atoms with Crippen LogP contribution in [0.2, 0.25) is 0 Å². The molecule has 120 valence electrons. The van der Waals surface area contributed by atoms with Crippen molar-refractivity contribution in [2.45, 2.75) is 30.7 Å². The highest BCUT2D eigenvalue weighted by Crippen LogP contribution is 2.23. The zero-order valence-electron chi connectivity index (χ0n) is 12.7. The van der Waals surface area contributed by atoms with Crippen LogP contribution in [0.15, 0.2) is 53.4 Å². The van der Waals surface area contributed by atoms with E-state index in [1.54, 1.807) is 48.5 Å². The van der Waals surface area contributed by atoms with Crippen LogP contribution in [0.4, 0.5) is 5.69 Å². The molecule has 0 aliphatic heterocycles. The van der Waals surface area contributed by atoms with Crippen LogP contribution < -0.4 is 10.0 Å². The monoisotopic (exact) mass is 330 g/mol. The Bertz CT molecular complexity index is 825. The van der Waals surface area contributed by atoms with E-state index in [1.807, 2.05) is 6.92 Å². The third kappa shape index (κ3) is 3.71. The highest BCUT2D eigenvalue weighted by Gasteiger charge is 2.25. The van der Waals surface area contributed by atoms with Gasteiger partial charge in [-0.1, -0.05) is 29.8 Å². The summed E-state index contributed by atoms with van der Waals surface area (Å²) in [5.41, 5.74) is 1.59. The Balaban J connectivity index is 1.87. The van der Waals surface area contributed by atoms with Gasteiger partial charge in [0.05, 0.1) is 16.1 Å². The number of carbonyl (C=O) groups excluding carboxylic acids is 1. The Labute approximate surface area is 135 Å². The van der Waals surface area contributed by atoms with Crippen molar-refractivity contribution in [1.29, 1.82) is 0 Å². The molecule has 5 nitrogen and oxygen atoms in total. The van der Waals surface area contributed by atoms with E-state index in [0.29, 0.717) is 5.56 Å². The van der Waals surface area contributed by atoms with Gasteiger partial charge >= 0.3 is 0 Å². The Morgan fingerprint density at radius 3 is 2.35 bits per heavy atom. The zero-order valence-corrected chi connectivity index (χ0v) is 13.6. The Morgan fingerprint density at radius 1 is 1.04 bits per heavy atom. The molecule has 0 spiro atoms. The summed E-state index contributed by atoms with van der Waals surface area (Å²) < 4.78 is 27.5. The maximum atomic E-state index is 12.5. The molecule has 0 unspecified atom stereocenters. The van der Waals surface area contributed by atoms with Crippen LogP contribution in [0.25, 0.3) is 0 Å². The SMILES string of the molecule is Cc1ccc(S(=O)(=O)Nc2ccccc2C(=O)NC2CC2)cc1. The number of benzene rings is 2. The van der Waals surface area contributed by atoms with Crippen molar-refractivity contribution in [2.75, 3.05) is 4.72 Å². The fourth-order valence-electron chi connectivity index (χ4n) is 2.18. The van der Waals surface area contributed by atoms with Crippen LogP contribution in [0.3, 0.4) is 0 Å². The number of rotatable bonds is 5. The van der Waals surface area contributed by atoms with Gasteiger partial charge in [0.25, 0.3) is 15.9 Å². The van der Waals surface area contributed by atoms with Crippen LogP contribution in [0.5, 0.6) is 0 Å². The molecule has 0 bridgehead atoms. The van der Waals surface area contributed by atoms with E-state index in [0.717, 1.165) is 18.4 Å². The van der Waals surface area contributed by atoms with Crippen molar-refractivity contribution in [3.8, 4) is 0 Å². The molecule has 1 fully saturated rings. The maximum absolute atomic E-state index is 12.5. The largest absolute Gasteiger partial charge is 0.349 e. The molecule has 0 radical (unpaired) electrons. The average molecular weight is 330 g/mol. The van der Waals surface area contributed by atoms with Crippen LogP contribution >= 0.6 is 0 Å². The van der Waals surface area contributed by atoms with Crippen LogP contribution in [0.1, 0.15) is 28.8 Å². The lowest BCUT2D eigenvalue weighted by molar-refractivity contribution is 0.0952. The summed E-state index contributed by atoms with van der Waals surface area (Å²) in [6.07, 6.45) is 1.95. The molecule has 0 heterocycles. The van der Waals surface area contributed by atoms with E-state index in [2.05, 4.69) is 10.0 Å². The second-order valence-corrected chi connectivity index (χ2v) is 7.39. The molecule has 23 heavy (non-hydrogen) atoms. The smallest absolute Gasteiger partial charge is 0.261 e. The molecule has 2 N–H and O–H groups in total. The molecule has 0 atom stereocenters. The van der Waals surface area contributed by atoms with Crippen molar-refractivity contribution in [3.63, 3.8) is 0 Å². The highest BCUT2D eigenvalue weighted by molar-refractivity contribution is 7.92. The first-order chi connectivity index (χ1) is 11.0. The molecular weight excluding hydrogens is 312 g/mol. The highest BCUT2D eigenvalue weighted by atomic mass is 32.2. The van der Waals surface area contributed by atoms with Crippen molar-refractivity contribution in [2.24, 2.45) is 0 Å². The third-order valence-electron chi connectivity index (χ3n) is 3.66. The Kier molecular flexibility index (Phi) is 4.09. The molecule has 3 rings (SSSR count). The van der Waals surface area contributed by atoms with Gasteiger partial charge in [-0.25, -0.2) is 8.42 Å². The van der Waals surface area contributed by atoms with Crippen LogP contribution in [-0.2, 0) is 10.0 Å². The summed E-state index contributed by atoms with van der Waals surface area (Å²) in [5, 5.41) is 2.87. The van der Waals surface area contributed by atoms with Gasteiger partial charge in [0, 0.05) is 6.04 Å². The predicted octanol–water partition coefficient (Wildman–Crippen LogP) is 2.69. The minimum atomic E-state index is -3.73. The molecule has 2 aromatic carbocycles. The number of nitrogens with one attached hydrogen (secondary N) is 2. The number of carbonyl (C=O) groups is 1. The maximum Gasteiger partial charge on any atom is 0.261 e. The molecular formula is C17H18N2O3S. The van der Waals surface area contributed by atoms with E-state index in [4.69, 9.17) is 0 Å². The van der Waals surface area contributed by atoms with E-state index in [1.165, 1.54) is 0 Å². The third-order valence-corrected chi connectivity index (χ3v) is 5.04. The number of aryl methyl sites for hydroxylation is 1. The molecule has 2 aromatic rings. The first-order valence-electron chi connectivity index (χ1n) is 7.45. The summed E-state index contributed by atoms with van der Waals surface area (Å²) >= 11 is 0. The number of amides is 1. The lowest BCUT2D eigenvalue weighted by Crippen LogP contribution is -2.27. The van der Waals surface area contributed by atoms with Gasteiger partial charge in [-0.2, -0.15) is 0 Å². The summed E-state index contributed by atoms with van der Waals surface area (Å²) in [5.74, 6) is -0.255. The van der Waals surface area contributed by atoms with E-state index < -0.39 is 10.0 Å². The van der Waals surface area contributed by atoms with Gasteiger partial charge < -0.3 is 5.32 Å². The van der Waals surface area contributed by atoms with Crippen molar-refractivity contribution in [1.82, 2.24) is 5.32 Å². The Morgan fingerprint density at radius 2 is 1.70 bits per heavy atom. The summed E-state index contributed by atoms with van der Waals surface area (Å²) in [6.45, 7) is 1.89. The minimum Gasteiger partial charge on any atom is -0.349 e. The lowest BCUT2D eigenvalue weighted by atomic mass is 10.1. The van der Waals surface area contributed by atoms with Gasteiger partial charge in [-0.05, 0) is 44.0 Å². The van der Waals surface area contributed by atoms with Gasteiger partial charge in [0.2, 0.25) is 0 Å². The second-order valence-electron chi connectivity index (χ2n) is 5.71. The molecule has 1 saturated carbocycles. The van der Waals surface area contributed by atoms with Gasteiger partial charge in [-0.15, -0.1) is 0 Å². The average Bonchev–Trinajstić information content (AvgIpc) is 3.31. The molecule has 1 aliphatic rings. The van der Waals surface area contributed by atoms with Gasteiger partial charge in [-0.3, -0.25) is 9.52 Å². The van der Waals surface area contributed by atoms with E-state index >= 15 is 0 Å². The summed E-state index contributed by atoms with van der Waals surface area (Å²) in [7, 11) is -3.73. The predicted molar refractivity (Wildman–Crippen MR) is 88.9 cm³/mol. The lowest BCUT2D eigenvalue weighted by Gasteiger charge is -2.12. The second kappa shape index (κ2) is 6.04. The van der Waals surface area contributed by atoms with E-state index in [9.17, 15) is 13.2 Å². The molecule has 1 aliphatic carbocycles. The standard InChI is InChI=1S/C17H18N2O3S/c1-12-6-10-14(11-7-12)23(21,22)19-16-5-3-2-4-15(16)17(20)18-13-8-9-13/h2-7,10-11,13,19H,8-9H2,1H3,(H,18,20). The van der Waals surface area contributed by atoms with Crippen LogP contribution in [0, 0.1) is 6.92 Å². The quantitative estimate of drug-likeness (QED) is 0.885. The minimum absolute atomic E-state index is 0.167. The summed E-state index contributed by atoms with van der Waals surface area (Å²) in [6, 6.07) is 13.4. The summed E-state index contributed by atoms with van der Waals surface area (Å²) in [4.78, 5) is 12.4. The van der Waals surface area contributed by atoms with E-state index in [-0.39, 0.29) is 22.5 Å². The number of para-hydroxylation sites is 1. The number of anilines is 1. The zero-order chi connectivity index (χ0) is 16.4.